The smallest absolute Gasteiger partial charge is 0.326 e. The number of nitrogens with one attached hydrogen (secondary N) is 7. The molecule has 70 heavy (non-hydrogen) atoms. The minimum Gasteiger partial charge on any atom is -0.508 e. The van der Waals surface area contributed by atoms with Crippen LogP contribution in [0.1, 0.15) is 84.6 Å². The van der Waals surface area contributed by atoms with Crippen molar-refractivity contribution in [3.63, 3.8) is 0 Å². The van der Waals surface area contributed by atoms with Gasteiger partial charge in [-0.05, 0) is 68.1 Å². The Morgan fingerprint density at radius 1 is 0.571 bits per heavy atom. The minimum absolute atomic E-state index is 0.0411. The van der Waals surface area contributed by atoms with Gasteiger partial charge in [0.1, 0.15) is 48.0 Å². The van der Waals surface area contributed by atoms with Crippen LogP contribution in [0.4, 0.5) is 0 Å². The van der Waals surface area contributed by atoms with Crippen LogP contribution in [-0.4, -0.2) is 148 Å². The highest BCUT2D eigenvalue weighted by Gasteiger charge is 2.35. The molecule has 8 atom stereocenters. The van der Waals surface area contributed by atoms with Crippen LogP contribution in [-0.2, 0) is 54.4 Å². The molecule has 392 valence electrons. The topological polar surface area (TPSA) is 458 Å². The van der Waals surface area contributed by atoms with Crippen molar-refractivity contribution in [2.24, 2.45) is 45.5 Å². The number of aliphatic carboxylic acids is 1. The molecule has 0 unspecified atom stereocenters. The van der Waals surface area contributed by atoms with E-state index in [4.69, 9.17) is 28.7 Å². The van der Waals surface area contributed by atoms with E-state index in [1.165, 1.54) is 24.3 Å². The van der Waals surface area contributed by atoms with E-state index in [1.54, 1.807) is 13.8 Å². The average Bonchev–Trinajstić information content (AvgIpc) is 3.27. The molecule has 0 spiro atoms. The second kappa shape index (κ2) is 31.4. The van der Waals surface area contributed by atoms with Gasteiger partial charge in [-0.25, -0.2) is 4.79 Å². The van der Waals surface area contributed by atoms with E-state index in [1.807, 2.05) is 13.8 Å². The van der Waals surface area contributed by atoms with Gasteiger partial charge in [-0.2, -0.15) is 12.6 Å². The number of thiol groups is 1. The Labute approximate surface area is 411 Å². The number of carbonyl (C=O) groups excluding carboxylic acids is 9. The van der Waals surface area contributed by atoms with Gasteiger partial charge in [-0.15, -0.1) is 0 Å². The molecule has 0 aliphatic carbocycles. The molecule has 0 heterocycles. The number of phenolic OH excluding ortho intramolecular Hbond substituents is 1. The first-order valence-electron chi connectivity index (χ1n) is 22.5. The zero-order chi connectivity index (χ0) is 53.2. The van der Waals surface area contributed by atoms with Crippen molar-refractivity contribution >= 4 is 77.7 Å². The molecule has 0 fully saturated rings. The van der Waals surface area contributed by atoms with Gasteiger partial charge in [0.25, 0.3) is 0 Å². The van der Waals surface area contributed by atoms with E-state index in [2.05, 4.69) is 54.8 Å². The number of nitrogens with zero attached hydrogens (tertiary/aromatic N) is 1. The van der Waals surface area contributed by atoms with Crippen LogP contribution in [0.3, 0.4) is 0 Å². The van der Waals surface area contributed by atoms with Gasteiger partial charge in [0.2, 0.25) is 53.2 Å². The van der Waals surface area contributed by atoms with Crippen LogP contribution in [0.15, 0.2) is 29.3 Å². The van der Waals surface area contributed by atoms with Crippen molar-refractivity contribution in [2.45, 2.75) is 134 Å². The highest BCUT2D eigenvalue weighted by Crippen LogP contribution is 2.14. The Kier molecular flexibility index (Phi) is 27.5. The molecule has 26 nitrogen and oxygen atoms in total. The average molecular weight is 1010 g/mol. The molecule has 9 amide bonds. The molecule has 0 radical (unpaired) electrons. The van der Waals surface area contributed by atoms with Crippen LogP contribution >= 0.6 is 12.6 Å². The number of guanidine groups is 1. The number of carbonyl (C=O) groups is 10. The standard InChI is InChI=1S/C43H71N13O13S/c1-21(2)16-25(44)35(61)55-31(19-57)40(66)56-32(20-70)41(67)51-27(12-14-34(46)60)37(63)53-29(17-22(3)4)38(64)54-30(18-23-7-9-24(58)10-8-23)39(65)50-26(11-13-33(45)59)36(62)52-28(42(68)69)6-5-15-49-43(47)48/h7-10,21-22,25-32,57-58,70H,5-6,11-20,44H2,1-4H3,(H2,45,59)(H2,46,60)(H,50,65)(H,51,67)(H,52,62)(H,53,63)(H,54,64)(H,55,61)(H,56,66)(H,68,69)(H4,47,48,49)/t25-,26+,27+,28+,29+,30+,31+,32+/m1/s1. The minimum atomic E-state index is -1.56. The summed E-state index contributed by atoms with van der Waals surface area (Å²) in [5.74, 6) is -10.7. The summed E-state index contributed by atoms with van der Waals surface area (Å²) >= 11 is 4.14. The van der Waals surface area contributed by atoms with Crippen molar-refractivity contribution in [1.82, 2.24) is 37.2 Å². The fourth-order valence-electron chi connectivity index (χ4n) is 6.57. The number of benzene rings is 1. The number of carboxylic acids is 1. The van der Waals surface area contributed by atoms with Gasteiger partial charge in [-0.3, -0.25) is 48.1 Å². The Bertz CT molecular complexity index is 1990. The number of nitrogens with two attached hydrogens (primary N) is 5. The fourth-order valence-corrected chi connectivity index (χ4v) is 6.82. The molecule has 0 aliphatic heterocycles. The summed E-state index contributed by atoms with van der Waals surface area (Å²) in [5, 5.41) is 46.5. The number of aliphatic hydroxyl groups is 1. The van der Waals surface area contributed by atoms with E-state index in [-0.39, 0.29) is 74.4 Å². The van der Waals surface area contributed by atoms with Crippen LogP contribution in [0, 0.1) is 11.8 Å². The Hall–Kier alpha value is -6.74. The maximum absolute atomic E-state index is 14.2. The lowest BCUT2D eigenvalue weighted by atomic mass is 9.99. The number of primary amides is 2. The lowest BCUT2D eigenvalue weighted by molar-refractivity contribution is -0.142. The van der Waals surface area contributed by atoms with Crippen molar-refractivity contribution < 1.29 is 63.3 Å². The first kappa shape index (κ1) is 61.3. The molecule has 0 saturated heterocycles. The van der Waals surface area contributed by atoms with E-state index < -0.39 is 133 Å². The normalized spacial score (nSPS) is 14.5. The van der Waals surface area contributed by atoms with Crippen LogP contribution < -0.4 is 65.9 Å². The molecule has 0 bridgehead atoms. The highest BCUT2D eigenvalue weighted by molar-refractivity contribution is 7.80. The number of phenols is 1. The number of hydrogen-bond acceptors (Lipinski definition) is 15. The Morgan fingerprint density at radius 3 is 1.44 bits per heavy atom. The van der Waals surface area contributed by atoms with Gasteiger partial charge in [0.05, 0.1) is 12.6 Å². The molecule has 0 saturated carbocycles. The summed E-state index contributed by atoms with van der Waals surface area (Å²) in [6, 6.07) is -6.04. The van der Waals surface area contributed by atoms with Gasteiger partial charge >= 0.3 is 5.97 Å². The number of aliphatic imine (C=N–C) groups is 1. The second-order valence-corrected chi connectivity index (χ2v) is 17.7. The molecular weight excluding hydrogens is 939 g/mol. The molecule has 1 aromatic rings. The molecule has 27 heteroatoms. The maximum Gasteiger partial charge on any atom is 0.326 e. The number of hydrogen-bond donors (Lipinski definition) is 16. The summed E-state index contributed by atoms with van der Waals surface area (Å²) in [6.07, 6.45) is -1.68. The zero-order valence-electron chi connectivity index (χ0n) is 39.8. The van der Waals surface area contributed by atoms with Crippen LogP contribution in [0.5, 0.6) is 5.75 Å². The van der Waals surface area contributed by atoms with E-state index >= 15 is 0 Å². The zero-order valence-corrected chi connectivity index (χ0v) is 40.7. The third-order valence-electron chi connectivity index (χ3n) is 10.2. The second-order valence-electron chi connectivity index (χ2n) is 17.3. The van der Waals surface area contributed by atoms with E-state index in [0.29, 0.717) is 5.56 Å². The maximum atomic E-state index is 14.2. The van der Waals surface area contributed by atoms with Gasteiger partial charge in [0.15, 0.2) is 5.96 Å². The molecular formula is C43H71N13O13S. The van der Waals surface area contributed by atoms with Crippen molar-refractivity contribution in [3.8, 4) is 5.75 Å². The van der Waals surface area contributed by atoms with Crippen molar-refractivity contribution in [3.05, 3.63) is 29.8 Å². The predicted molar refractivity (Wildman–Crippen MR) is 258 cm³/mol. The van der Waals surface area contributed by atoms with Crippen LogP contribution in [0.2, 0.25) is 0 Å². The largest absolute Gasteiger partial charge is 0.508 e. The highest BCUT2D eigenvalue weighted by atomic mass is 32.1. The number of aliphatic hydroxyl groups excluding tert-OH is 1. The summed E-state index contributed by atoms with van der Waals surface area (Å²) in [6.45, 7) is 6.27. The molecule has 0 aromatic heterocycles. The Balaban J connectivity index is 3.49. The van der Waals surface area contributed by atoms with Gasteiger partial charge in [0, 0.05) is 31.6 Å². The SMILES string of the molecule is CC(C)C[C@@H](N)C(=O)N[C@@H](CO)C(=O)N[C@@H](CS)C(=O)N[C@@H](CCC(N)=O)C(=O)N[C@@H](CC(C)C)C(=O)N[C@@H](Cc1ccc(O)cc1)C(=O)N[C@@H](CCC(N)=O)C(=O)N[C@@H](CCCN=C(N)N)C(=O)O. The Morgan fingerprint density at radius 2 is 0.986 bits per heavy atom. The first-order chi connectivity index (χ1) is 32.8. The third kappa shape index (κ3) is 24.0. The monoisotopic (exact) mass is 1010 g/mol. The molecule has 20 N–H and O–H groups in total. The number of rotatable bonds is 33. The number of aromatic hydroxyl groups is 1. The molecule has 0 aliphatic rings. The van der Waals surface area contributed by atoms with E-state index in [0.717, 1.165) is 0 Å². The third-order valence-corrected chi connectivity index (χ3v) is 10.6. The molecule has 1 aromatic carbocycles. The van der Waals surface area contributed by atoms with Gasteiger partial charge < -0.3 is 81.2 Å². The number of carboxylic acid groups (broad SMARTS) is 1. The lowest BCUT2D eigenvalue weighted by Crippen LogP contribution is -2.61. The van der Waals surface area contributed by atoms with Crippen molar-refractivity contribution in [2.75, 3.05) is 18.9 Å². The molecule has 1 rings (SSSR count). The summed E-state index contributed by atoms with van der Waals surface area (Å²) < 4.78 is 0. The van der Waals surface area contributed by atoms with E-state index in [9.17, 15) is 63.3 Å². The first-order valence-corrected chi connectivity index (χ1v) is 23.1. The van der Waals surface area contributed by atoms with Gasteiger partial charge in [-0.1, -0.05) is 39.8 Å². The lowest BCUT2D eigenvalue weighted by Gasteiger charge is -2.28. The van der Waals surface area contributed by atoms with Crippen molar-refractivity contribution in [1.29, 1.82) is 0 Å². The fraction of sp³-hybridized carbons (Fsp3) is 0.605. The predicted octanol–water partition coefficient (Wildman–Crippen LogP) is -4.66. The quantitative estimate of drug-likeness (QED) is 0.0136. The summed E-state index contributed by atoms with van der Waals surface area (Å²) in [7, 11) is 0. The summed E-state index contributed by atoms with van der Waals surface area (Å²) in [4.78, 5) is 135. The van der Waals surface area contributed by atoms with Crippen LogP contribution in [0.25, 0.3) is 0 Å². The summed E-state index contributed by atoms with van der Waals surface area (Å²) in [5.41, 5.74) is 27.6. The number of amides is 9.